The predicted molar refractivity (Wildman–Crippen MR) is 99.2 cm³/mol. The maximum absolute atomic E-state index is 12.4. The Morgan fingerprint density at radius 2 is 1.62 bits per heavy atom. The third-order valence-corrected chi connectivity index (χ3v) is 4.36. The molecule has 1 heterocycles. The van der Waals surface area contributed by atoms with Crippen molar-refractivity contribution in [3.05, 3.63) is 78.5 Å². The van der Waals surface area contributed by atoms with E-state index in [0.717, 1.165) is 28.4 Å². The number of benzene rings is 3. The minimum Gasteiger partial charge on any atom is -0.361 e. The van der Waals surface area contributed by atoms with Gasteiger partial charge in [-0.3, -0.25) is 4.79 Å². The van der Waals surface area contributed by atoms with E-state index in [-0.39, 0.29) is 5.91 Å². The molecule has 0 aliphatic heterocycles. The molecule has 3 aromatic carbocycles. The van der Waals surface area contributed by atoms with Gasteiger partial charge in [-0.1, -0.05) is 54.6 Å². The minimum absolute atomic E-state index is 0.0386. The van der Waals surface area contributed by atoms with Crippen LogP contribution in [0.4, 0.5) is 5.69 Å². The molecule has 0 saturated heterocycles. The topological polar surface area (TPSA) is 44.9 Å². The number of rotatable bonds is 4. The number of nitrogens with one attached hydrogen (secondary N) is 2. The van der Waals surface area contributed by atoms with Gasteiger partial charge >= 0.3 is 0 Å². The van der Waals surface area contributed by atoms with Crippen LogP contribution < -0.4 is 5.32 Å². The molecule has 0 saturated carbocycles. The molecule has 0 atom stereocenters. The van der Waals surface area contributed by atoms with Crippen LogP contribution >= 0.6 is 0 Å². The highest BCUT2D eigenvalue weighted by Gasteiger charge is 2.08. The van der Waals surface area contributed by atoms with Crippen LogP contribution in [-0.4, -0.2) is 10.9 Å². The van der Waals surface area contributed by atoms with Crippen molar-refractivity contribution in [3.63, 3.8) is 0 Å². The number of carbonyl (C=O) groups excluding carboxylic acids is 1. The SMILES string of the molecule is O=C(CCc1c[nH]c2ccccc12)Nc1cccc2ccccc12. The Balaban J connectivity index is 1.48. The number of hydrogen-bond acceptors (Lipinski definition) is 1. The summed E-state index contributed by atoms with van der Waals surface area (Å²) in [4.78, 5) is 15.6. The van der Waals surface area contributed by atoms with Crippen LogP contribution in [0.1, 0.15) is 12.0 Å². The molecule has 2 N–H and O–H groups in total. The first-order chi connectivity index (χ1) is 11.8. The molecule has 0 bridgehead atoms. The zero-order chi connectivity index (χ0) is 16.4. The fraction of sp³-hybridized carbons (Fsp3) is 0.0952. The van der Waals surface area contributed by atoms with E-state index in [9.17, 15) is 4.79 Å². The van der Waals surface area contributed by atoms with Crippen LogP contribution in [0.5, 0.6) is 0 Å². The summed E-state index contributed by atoms with van der Waals surface area (Å²) >= 11 is 0. The Morgan fingerprint density at radius 1 is 0.875 bits per heavy atom. The number of aromatic amines is 1. The summed E-state index contributed by atoms with van der Waals surface area (Å²) in [6.07, 6.45) is 3.18. The number of anilines is 1. The van der Waals surface area contributed by atoms with Crippen LogP contribution in [0.15, 0.2) is 72.9 Å². The smallest absolute Gasteiger partial charge is 0.224 e. The summed E-state index contributed by atoms with van der Waals surface area (Å²) in [6.45, 7) is 0. The van der Waals surface area contributed by atoms with Gasteiger partial charge in [0.1, 0.15) is 0 Å². The molecule has 4 rings (SSSR count). The Kier molecular flexibility index (Phi) is 3.75. The molecule has 3 heteroatoms. The number of fused-ring (bicyclic) bond motifs is 2. The molecule has 0 fully saturated rings. The Morgan fingerprint density at radius 3 is 2.54 bits per heavy atom. The zero-order valence-electron chi connectivity index (χ0n) is 13.3. The van der Waals surface area contributed by atoms with E-state index in [0.29, 0.717) is 6.42 Å². The van der Waals surface area contributed by atoms with Gasteiger partial charge in [0.05, 0.1) is 0 Å². The molecule has 0 aliphatic carbocycles. The first kappa shape index (κ1) is 14.5. The first-order valence-electron chi connectivity index (χ1n) is 8.14. The van der Waals surface area contributed by atoms with E-state index in [1.165, 1.54) is 10.9 Å². The van der Waals surface area contributed by atoms with Gasteiger partial charge in [0.25, 0.3) is 0 Å². The van der Waals surface area contributed by atoms with Crippen molar-refractivity contribution in [1.29, 1.82) is 0 Å². The lowest BCUT2D eigenvalue weighted by molar-refractivity contribution is -0.116. The summed E-state index contributed by atoms with van der Waals surface area (Å²) in [7, 11) is 0. The van der Waals surface area contributed by atoms with E-state index in [1.807, 2.05) is 48.7 Å². The third-order valence-electron chi connectivity index (χ3n) is 4.36. The minimum atomic E-state index is 0.0386. The monoisotopic (exact) mass is 314 g/mol. The molecular formula is C21H18N2O. The molecule has 0 aliphatic rings. The fourth-order valence-corrected chi connectivity index (χ4v) is 3.13. The maximum atomic E-state index is 12.4. The van der Waals surface area contributed by atoms with Crippen LogP contribution in [0, 0.1) is 0 Å². The molecule has 24 heavy (non-hydrogen) atoms. The number of hydrogen-bond donors (Lipinski definition) is 2. The molecular weight excluding hydrogens is 296 g/mol. The normalized spacial score (nSPS) is 11.0. The van der Waals surface area contributed by atoms with E-state index in [2.05, 4.69) is 34.6 Å². The second-order valence-electron chi connectivity index (χ2n) is 5.93. The van der Waals surface area contributed by atoms with Gasteiger partial charge < -0.3 is 10.3 Å². The van der Waals surface area contributed by atoms with Crippen LogP contribution in [0.2, 0.25) is 0 Å². The van der Waals surface area contributed by atoms with E-state index in [4.69, 9.17) is 0 Å². The number of aryl methyl sites for hydroxylation is 1. The molecule has 3 nitrogen and oxygen atoms in total. The largest absolute Gasteiger partial charge is 0.361 e. The Hall–Kier alpha value is -3.07. The van der Waals surface area contributed by atoms with Crippen molar-refractivity contribution >= 4 is 33.3 Å². The summed E-state index contributed by atoms with van der Waals surface area (Å²) in [5, 5.41) is 6.44. The second-order valence-corrected chi connectivity index (χ2v) is 5.93. The fourth-order valence-electron chi connectivity index (χ4n) is 3.13. The van der Waals surface area contributed by atoms with Crippen LogP contribution in [0.3, 0.4) is 0 Å². The lowest BCUT2D eigenvalue weighted by Gasteiger charge is -2.08. The second kappa shape index (κ2) is 6.20. The highest BCUT2D eigenvalue weighted by Crippen LogP contribution is 2.23. The van der Waals surface area contributed by atoms with Crippen molar-refractivity contribution in [2.75, 3.05) is 5.32 Å². The number of para-hydroxylation sites is 1. The van der Waals surface area contributed by atoms with Gasteiger partial charge in [0.15, 0.2) is 0 Å². The Labute approximate surface area is 140 Å². The highest BCUT2D eigenvalue weighted by molar-refractivity contribution is 6.02. The van der Waals surface area contributed by atoms with Gasteiger partial charge in [0, 0.05) is 34.6 Å². The lowest BCUT2D eigenvalue weighted by Crippen LogP contribution is -2.12. The highest BCUT2D eigenvalue weighted by atomic mass is 16.1. The number of H-pyrrole nitrogens is 1. The van der Waals surface area contributed by atoms with Crippen molar-refractivity contribution in [2.45, 2.75) is 12.8 Å². The first-order valence-corrected chi connectivity index (χ1v) is 8.14. The zero-order valence-corrected chi connectivity index (χ0v) is 13.3. The van der Waals surface area contributed by atoms with Gasteiger partial charge in [-0.05, 0) is 29.5 Å². The molecule has 118 valence electrons. The van der Waals surface area contributed by atoms with Gasteiger partial charge in [-0.25, -0.2) is 0 Å². The van der Waals surface area contributed by atoms with E-state index < -0.39 is 0 Å². The molecule has 1 aromatic heterocycles. The average Bonchev–Trinajstić information content (AvgIpc) is 3.04. The summed E-state index contributed by atoms with van der Waals surface area (Å²) < 4.78 is 0. The average molecular weight is 314 g/mol. The molecule has 0 spiro atoms. The summed E-state index contributed by atoms with van der Waals surface area (Å²) in [6, 6.07) is 22.2. The van der Waals surface area contributed by atoms with Crippen molar-refractivity contribution in [2.24, 2.45) is 0 Å². The maximum Gasteiger partial charge on any atom is 0.224 e. The Bertz CT molecular complexity index is 1010. The summed E-state index contributed by atoms with van der Waals surface area (Å²) in [5.74, 6) is 0.0386. The van der Waals surface area contributed by atoms with Crippen molar-refractivity contribution in [1.82, 2.24) is 4.98 Å². The van der Waals surface area contributed by atoms with E-state index >= 15 is 0 Å². The molecule has 0 radical (unpaired) electrons. The quantitative estimate of drug-likeness (QED) is 0.553. The molecule has 0 unspecified atom stereocenters. The van der Waals surface area contributed by atoms with Gasteiger partial charge in [0.2, 0.25) is 5.91 Å². The van der Waals surface area contributed by atoms with Crippen molar-refractivity contribution in [3.8, 4) is 0 Å². The number of carbonyl (C=O) groups is 1. The van der Waals surface area contributed by atoms with E-state index in [1.54, 1.807) is 0 Å². The standard InChI is InChI=1S/C21H18N2O/c24-21(13-12-16-14-22-19-10-4-3-9-18(16)19)23-20-11-5-7-15-6-1-2-8-17(15)20/h1-11,14,22H,12-13H2,(H,23,24). The van der Waals surface area contributed by atoms with Gasteiger partial charge in [-0.2, -0.15) is 0 Å². The van der Waals surface area contributed by atoms with Crippen molar-refractivity contribution < 1.29 is 4.79 Å². The molecule has 4 aromatic rings. The summed E-state index contributed by atoms with van der Waals surface area (Å²) in [5.41, 5.74) is 3.16. The molecule has 1 amide bonds. The van der Waals surface area contributed by atoms with Crippen LogP contribution in [-0.2, 0) is 11.2 Å². The van der Waals surface area contributed by atoms with Crippen LogP contribution in [0.25, 0.3) is 21.7 Å². The number of amides is 1. The third kappa shape index (κ3) is 2.76. The van der Waals surface area contributed by atoms with Gasteiger partial charge in [-0.15, -0.1) is 0 Å². The predicted octanol–water partition coefficient (Wildman–Crippen LogP) is 4.89. The lowest BCUT2D eigenvalue weighted by atomic mass is 10.1. The number of aromatic nitrogens is 1.